The van der Waals surface area contributed by atoms with E-state index in [1.807, 2.05) is 43.0 Å². The summed E-state index contributed by atoms with van der Waals surface area (Å²) in [6.45, 7) is 6.90. The van der Waals surface area contributed by atoms with Gasteiger partial charge in [0.05, 0.1) is 6.42 Å². The van der Waals surface area contributed by atoms with Crippen molar-refractivity contribution in [3.05, 3.63) is 64.5 Å². The molecule has 1 aromatic carbocycles. The molecule has 0 radical (unpaired) electrons. The number of aromatic nitrogens is 1. The van der Waals surface area contributed by atoms with Gasteiger partial charge in [-0.2, -0.15) is 0 Å². The second-order valence-electron chi connectivity index (χ2n) is 9.53. The number of rotatable bonds is 3. The monoisotopic (exact) mass is 442 g/mol. The van der Waals surface area contributed by atoms with Crippen LogP contribution >= 0.6 is 0 Å². The molecule has 1 aromatic heterocycles. The first kappa shape index (κ1) is 22.9. The summed E-state index contributed by atoms with van der Waals surface area (Å²) >= 11 is 0. The van der Waals surface area contributed by atoms with E-state index in [0.29, 0.717) is 45.2 Å². The lowest BCUT2D eigenvalue weighted by Crippen LogP contribution is -2.48. The zero-order valence-electron chi connectivity index (χ0n) is 19.6. The van der Waals surface area contributed by atoms with E-state index in [1.54, 1.807) is 19.3 Å². The van der Waals surface area contributed by atoms with E-state index in [1.165, 1.54) is 0 Å². The van der Waals surface area contributed by atoms with E-state index < -0.39 is 5.92 Å². The van der Waals surface area contributed by atoms with E-state index in [2.05, 4.69) is 16.8 Å². The molecule has 5 nitrogen and oxygen atoms in total. The lowest BCUT2D eigenvalue weighted by molar-refractivity contribution is -0.140. The number of piperidine rings is 1. The van der Waals surface area contributed by atoms with Gasteiger partial charge in [-0.15, -0.1) is 5.92 Å². The fourth-order valence-corrected chi connectivity index (χ4v) is 5.52. The number of benzene rings is 1. The molecule has 170 valence electrons. The number of amides is 1. The highest BCUT2D eigenvalue weighted by atomic mass is 16.2. The summed E-state index contributed by atoms with van der Waals surface area (Å²) in [5.41, 5.74) is 4.30. The Balaban J connectivity index is 1.45. The van der Waals surface area contributed by atoms with Crippen LogP contribution in [0.4, 0.5) is 0 Å². The van der Waals surface area contributed by atoms with Crippen molar-refractivity contribution in [3.8, 4) is 11.8 Å². The van der Waals surface area contributed by atoms with Gasteiger partial charge in [0.1, 0.15) is 17.5 Å². The van der Waals surface area contributed by atoms with E-state index in [0.717, 1.165) is 27.8 Å². The molecule has 1 aliphatic heterocycles. The third-order valence-electron chi connectivity index (χ3n) is 7.18. The lowest BCUT2D eigenvalue weighted by Gasteiger charge is -2.45. The number of nitrogens with zero attached hydrogens (tertiary/aromatic N) is 2. The Morgan fingerprint density at radius 2 is 1.64 bits per heavy atom. The third-order valence-corrected chi connectivity index (χ3v) is 7.18. The number of likely N-dealkylation sites (tertiary alicyclic amines) is 1. The maximum Gasteiger partial charge on any atom is 0.226 e. The highest BCUT2D eigenvalue weighted by Crippen LogP contribution is 2.46. The van der Waals surface area contributed by atoms with Gasteiger partial charge in [0, 0.05) is 43.9 Å². The van der Waals surface area contributed by atoms with Gasteiger partial charge in [-0.05, 0) is 85.5 Å². The van der Waals surface area contributed by atoms with Crippen LogP contribution in [0.1, 0.15) is 66.3 Å². The number of Topliss-reactive ketones (excluding diaryl/α,β-unsaturated/α-hetero) is 2. The molecule has 1 saturated carbocycles. The van der Waals surface area contributed by atoms with Crippen molar-refractivity contribution in [3.63, 3.8) is 0 Å². The van der Waals surface area contributed by atoms with Gasteiger partial charge in [-0.25, -0.2) is 0 Å². The van der Waals surface area contributed by atoms with Crippen LogP contribution in [-0.2, 0) is 20.8 Å². The molecule has 0 N–H and O–H groups in total. The highest BCUT2D eigenvalue weighted by Gasteiger charge is 2.47. The predicted molar refractivity (Wildman–Crippen MR) is 127 cm³/mol. The Kier molecular flexibility index (Phi) is 6.47. The molecule has 2 aliphatic rings. The average Bonchev–Trinajstić information content (AvgIpc) is 2.76. The number of hydrogen-bond donors (Lipinski definition) is 0. The second kappa shape index (κ2) is 9.31. The van der Waals surface area contributed by atoms with E-state index in [9.17, 15) is 14.4 Å². The summed E-state index contributed by atoms with van der Waals surface area (Å²) in [6, 6.07) is 7.65. The smallest absolute Gasteiger partial charge is 0.226 e. The van der Waals surface area contributed by atoms with Crippen LogP contribution in [-0.4, -0.2) is 40.4 Å². The molecule has 2 aromatic rings. The zero-order chi connectivity index (χ0) is 23.6. The van der Waals surface area contributed by atoms with Gasteiger partial charge in [0.15, 0.2) is 0 Å². The van der Waals surface area contributed by atoms with Crippen LogP contribution in [0.3, 0.4) is 0 Å². The van der Waals surface area contributed by atoms with Crippen LogP contribution in [0.5, 0.6) is 0 Å². The molecule has 1 amide bonds. The van der Waals surface area contributed by atoms with Gasteiger partial charge < -0.3 is 4.90 Å². The Hall–Kier alpha value is -3.26. The van der Waals surface area contributed by atoms with Gasteiger partial charge >= 0.3 is 0 Å². The Labute approximate surface area is 195 Å². The minimum absolute atomic E-state index is 0.0170. The maximum atomic E-state index is 13.3. The lowest BCUT2D eigenvalue weighted by atomic mass is 9.62. The molecular weight excluding hydrogens is 412 g/mol. The topological polar surface area (TPSA) is 67.3 Å². The van der Waals surface area contributed by atoms with Crippen molar-refractivity contribution in [2.45, 2.75) is 58.8 Å². The summed E-state index contributed by atoms with van der Waals surface area (Å²) in [6.07, 6.45) is 5.95. The first-order valence-electron chi connectivity index (χ1n) is 11.6. The predicted octanol–water partition coefficient (Wildman–Crippen LogP) is 3.94. The van der Waals surface area contributed by atoms with Gasteiger partial charge in [-0.3, -0.25) is 19.4 Å². The number of ketones is 2. The van der Waals surface area contributed by atoms with Crippen molar-refractivity contribution >= 4 is 17.5 Å². The summed E-state index contributed by atoms with van der Waals surface area (Å²) < 4.78 is 0. The van der Waals surface area contributed by atoms with Crippen molar-refractivity contribution in [2.24, 2.45) is 5.41 Å². The molecular formula is C28H30N2O3. The standard InChI is InChI=1S/C28H30N2O3/c1-4-5-22-14-19(2)26(20(3)15-22)27-23(31)17-28(18-24(27)32)8-12-30(13-9-28)25(33)16-21-6-10-29-11-7-21/h6-7,10-11,14-15,27H,8-9,12-13,16-18H2,1-3H3. The molecule has 0 unspecified atom stereocenters. The molecule has 2 fully saturated rings. The molecule has 4 rings (SSSR count). The van der Waals surface area contributed by atoms with Crippen molar-refractivity contribution in [1.82, 2.24) is 9.88 Å². The quantitative estimate of drug-likeness (QED) is 0.534. The van der Waals surface area contributed by atoms with Gasteiger partial charge in [0.25, 0.3) is 0 Å². The zero-order valence-corrected chi connectivity index (χ0v) is 19.6. The van der Waals surface area contributed by atoms with Crippen LogP contribution in [0.15, 0.2) is 36.7 Å². The fraction of sp³-hybridized carbons (Fsp3) is 0.429. The minimum atomic E-state index is -0.675. The molecule has 33 heavy (non-hydrogen) atoms. The molecule has 1 saturated heterocycles. The number of carbonyl (C=O) groups is 3. The molecule has 1 spiro atoms. The average molecular weight is 443 g/mol. The van der Waals surface area contributed by atoms with Crippen molar-refractivity contribution in [1.29, 1.82) is 0 Å². The number of aryl methyl sites for hydroxylation is 2. The SMILES string of the molecule is CC#Cc1cc(C)c(C2C(=O)CC3(CCN(C(=O)Cc4ccncc4)CC3)CC2=O)c(C)c1. The molecule has 1 aliphatic carbocycles. The number of carbonyl (C=O) groups excluding carboxylic acids is 3. The third kappa shape index (κ3) is 4.75. The Morgan fingerprint density at radius 3 is 2.18 bits per heavy atom. The Morgan fingerprint density at radius 1 is 1.06 bits per heavy atom. The number of pyridine rings is 1. The summed E-state index contributed by atoms with van der Waals surface area (Å²) in [4.78, 5) is 45.2. The number of hydrogen-bond acceptors (Lipinski definition) is 4. The normalized spacial score (nSPS) is 18.2. The minimum Gasteiger partial charge on any atom is -0.342 e. The van der Waals surface area contributed by atoms with Crippen LogP contribution in [0.25, 0.3) is 0 Å². The summed E-state index contributed by atoms with van der Waals surface area (Å²) in [5, 5.41) is 0. The molecule has 0 atom stereocenters. The first-order valence-corrected chi connectivity index (χ1v) is 11.6. The highest BCUT2D eigenvalue weighted by molar-refractivity contribution is 6.10. The van der Waals surface area contributed by atoms with Crippen molar-refractivity contribution < 1.29 is 14.4 Å². The van der Waals surface area contributed by atoms with E-state index in [-0.39, 0.29) is 22.9 Å². The van der Waals surface area contributed by atoms with Crippen LogP contribution < -0.4 is 0 Å². The summed E-state index contributed by atoms with van der Waals surface area (Å²) in [5.74, 6) is 5.41. The first-order chi connectivity index (χ1) is 15.8. The molecule has 2 heterocycles. The van der Waals surface area contributed by atoms with Gasteiger partial charge in [0.2, 0.25) is 5.91 Å². The van der Waals surface area contributed by atoms with E-state index >= 15 is 0 Å². The van der Waals surface area contributed by atoms with E-state index in [4.69, 9.17) is 0 Å². The van der Waals surface area contributed by atoms with Crippen molar-refractivity contribution in [2.75, 3.05) is 13.1 Å². The Bertz CT molecular complexity index is 1110. The molecule has 5 heteroatoms. The molecule has 0 bridgehead atoms. The fourth-order valence-electron chi connectivity index (χ4n) is 5.52. The van der Waals surface area contributed by atoms with Crippen LogP contribution in [0, 0.1) is 31.1 Å². The van der Waals surface area contributed by atoms with Crippen LogP contribution in [0.2, 0.25) is 0 Å². The maximum absolute atomic E-state index is 13.3. The summed E-state index contributed by atoms with van der Waals surface area (Å²) in [7, 11) is 0. The largest absolute Gasteiger partial charge is 0.342 e. The second-order valence-corrected chi connectivity index (χ2v) is 9.53. The van der Waals surface area contributed by atoms with Gasteiger partial charge in [-0.1, -0.05) is 5.92 Å².